The van der Waals surface area contributed by atoms with Gasteiger partial charge in [-0.3, -0.25) is 9.59 Å². The Kier molecular flexibility index (Phi) is 6.55. The number of hydrogen-bond acceptors (Lipinski definition) is 6. The Morgan fingerprint density at radius 2 is 1.73 bits per heavy atom. The molecular weight excluding hydrogens is 338 g/mol. The van der Waals surface area contributed by atoms with Crippen molar-refractivity contribution in [1.29, 1.82) is 0 Å². The molecule has 0 bridgehead atoms. The zero-order chi connectivity index (χ0) is 18.9. The first-order chi connectivity index (χ1) is 12.5. The molecule has 0 heterocycles. The summed E-state index contributed by atoms with van der Waals surface area (Å²) in [6.45, 7) is 0. The van der Waals surface area contributed by atoms with E-state index in [0.29, 0.717) is 17.0 Å². The second kappa shape index (κ2) is 9.07. The molecule has 136 valence electrons. The number of nitrogens with zero attached hydrogens (tertiary/aromatic N) is 1. The molecule has 2 aromatic rings. The van der Waals surface area contributed by atoms with Crippen LogP contribution < -0.4 is 20.2 Å². The lowest BCUT2D eigenvalue weighted by molar-refractivity contribution is -0.126. The van der Waals surface area contributed by atoms with E-state index in [1.54, 1.807) is 42.5 Å². The first-order valence-electron chi connectivity index (χ1n) is 7.66. The van der Waals surface area contributed by atoms with Crippen LogP contribution in [0.5, 0.6) is 17.2 Å². The van der Waals surface area contributed by atoms with Crippen LogP contribution in [0, 0.1) is 0 Å². The van der Waals surface area contributed by atoms with Crippen molar-refractivity contribution in [2.45, 2.75) is 6.42 Å². The first kappa shape index (κ1) is 18.8. The zero-order valence-electron chi connectivity index (χ0n) is 14.4. The summed E-state index contributed by atoms with van der Waals surface area (Å²) in [4.78, 5) is 23.7. The molecule has 0 aliphatic carbocycles. The monoisotopic (exact) mass is 357 g/mol. The third-order valence-corrected chi connectivity index (χ3v) is 3.35. The summed E-state index contributed by atoms with van der Waals surface area (Å²) in [6.07, 6.45) is 0.841. The van der Waals surface area contributed by atoms with Gasteiger partial charge in [-0.05, 0) is 24.3 Å². The molecule has 26 heavy (non-hydrogen) atoms. The number of rotatable bonds is 7. The van der Waals surface area contributed by atoms with E-state index in [0.717, 1.165) is 0 Å². The Morgan fingerprint density at radius 1 is 1.04 bits per heavy atom. The van der Waals surface area contributed by atoms with Crippen LogP contribution in [0.4, 0.5) is 5.69 Å². The highest BCUT2D eigenvalue weighted by molar-refractivity contribution is 6.04. The van der Waals surface area contributed by atoms with Crippen LogP contribution in [0.2, 0.25) is 0 Å². The maximum absolute atomic E-state index is 11.9. The van der Waals surface area contributed by atoms with E-state index in [1.165, 1.54) is 20.4 Å². The summed E-state index contributed by atoms with van der Waals surface area (Å²) in [6, 6.07) is 11.7. The second-order valence-corrected chi connectivity index (χ2v) is 5.12. The summed E-state index contributed by atoms with van der Waals surface area (Å²) in [7, 11) is 2.92. The van der Waals surface area contributed by atoms with Gasteiger partial charge >= 0.3 is 0 Å². The predicted molar refractivity (Wildman–Crippen MR) is 96.6 cm³/mol. The number of hydrogen-bond donors (Lipinski definition) is 3. The summed E-state index contributed by atoms with van der Waals surface area (Å²) in [5.74, 6) is -0.423. The number of carbonyl (C=O) groups excluding carboxylic acids is 2. The van der Waals surface area contributed by atoms with Crippen molar-refractivity contribution in [2.24, 2.45) is 5.10 Å². The highest BCUT2D eigenvalue weighted by Crippen LogP contribution is 2.28. The third-order valence-electron chi connectivity index (χ3n) is 3.35. The normalized spacial score (nSPS) is 10.4. The van der Waals surface area contributed by atoms with Gasteiger partial charge in [-0.1, -0.05) is 18.2 Å². The fourth-order valence-electron chi connectivity index (χ4n) is 2.11. The van der Waals surface area contributed by atoms with Crippen molar-refractivity contribution >= 4 is 23.7 Å². The molecular formula is C18H19N3O5. The number of nitrogens with one attached hydrogen (secondary N) is 2. The molecule has 0 saturated carbocycles. The lowest BCUT2D eigenvalue weighted by Crippen LogP contribution is -2.24. The number of ether oxygens (including phenoxy) is 2. The first-order valence-corrected chi connectivity index (χ1v) is 7.66. The van der Waals surface area contributed by atoms with Crippen molar-refractivity contribution < 1.29 is 24.2 Å². The molecule has 0 saturated heterocycles. The number of para-hydroxylation sites is 3. The van der Waals surface area contributed by atoms with E-state index in [9.17, 15) is 14.7 Å². The van der Waals surface area contributed by atoms with E-state index in [1.807, 2.05) is 0 Å². The fraction of sp³-hybridized carbons (Fsp3) is 0.167. The SMILES string of the molecule is COc1ccccc1NC(=O)CC(=O)N/N=C/c1cccc(OC)c1O. The lowest BCUT2D eigenvalue weighted by Gasteiger charge is -2.09. The molecule has 3 N–H and O–H groups in total. The number of methoxy groups -OCH3 is 2. The van der Waals surface area contributed by atoms with Gasteiger partial charge in [0.1, 0.15) is 12.2 Å². The van der Waals surface area contributed by atoms with Crippen LogP contribution in [0.1, 0.15) is 12.0 Å². The van der Waals surface area contributed by atoms with Gasteiger partial charge in [0.15, 0.2) is 11.5 Å². The summed E-state index contributed by atoms with van der Waals surface area (Å²) in [5.41, 5.74) is 3.06. The average molecular weight is 357 g/mol. The largest absolute Gasteiger partial charge is 0.504 e. The maximum Gasteiger partial charge on any atom is 0.249 e. The second-order valence-electron chi connectivity index (χ2n) is 5.12. The van der Waals surface area contributed by atoms with Gasteiger partial charge < -0.3 is 19.9 Å². The molecule has 0 unspecified atom stereocenters. The van der Waals surface area contributed by atoms with E-state index in [4.69, 9.17) is 9.47 Å². The van der Waals surface area contributed by atoms with E-state index in [2.05, 4.69) is 15.8 Å². The number of benzene rings is 2. The number of hydrazone groups is 1. The Morgan fingerprint density at radius 3 is 2.46 bits per heavy atom. The van der Waals surface area contributed by atoms with E-state index < -0.39 is 18.2 Å². The number of anilines is 1. The topological polar surface area (TPSA) is 109 Å². The van der Waals surface area contributed by atoms with Crippen LogP contribution in [-0.4, -0.2) is 37.4 Å². The highest BCUT2D eigenvalue weighted by atomic mass is 16.5. The Hall–Kier alpha value is -3.55. The predicted octanol–water partition coefficient (Wildman–Crippen LogP) is 1.89. The van der Waals surface area contributed by atoms with Gasteiger partial charge in [-0.25, -0.2) is 5.43 Å². The summed E-state index contributed by atoms with van der Waals surface area (Å²) >= 11 is 0. The Labute approximate surface area is 150 Å². The van der Waals surface area contributed by atoms with Gasteiger partial charge in [0.05, 0.1) is 26.1 Å². The highest BCUT2D eigenvalue weighted by Gasteiger charge is 2.11. The minimum Gasteiger partial charge on any atom is -0.504 e. The fourth-order valence-corrected chi connectivity index (χ4v) is 2.11. The third kappa shape index (κ3) is 4.97. The number of phenols is 1. The molecule has 0 aliphatic heterocycles. The minimum atomic E-state index is -0.601. The van der Waals surface area contributed by atoms with Gasteiger partial charge in [0.2, 0.25) is 11.8 Å². The quantitative estimate of drug-likeness (QED) is 0.398. The molecule has 0 aromatic heterocycles. The molecule has 0 atom stereocenters. The summed E-state index contributed by atoms with van der Waals surface area (Å²) in [5, 5.41) is 16.2. The van der Waals surface area contributed by atoms with E-state index >= 15 is 0 Å². The minimum absolute atomic E-state index is 0.0954. The molecule has 8 nitrogen and oxygen atoms in total. The Balaban J connectivity index is 1.89. The zero-order valence-corrected chi connectivity index (χ0v) is 14.4. The van der Waals surface area contributed by atoms with Crippen LogP contribution in [0.15, 0.2) is 47.6 Å². The van der Waals surface area contributed by atoms with E-state index in [-0.39, 0.29) is 11.5 Å². The van der Waals surface area contributed by atoms with Gasteiger partial charge in [-0.2, -0.15) is 5.10 Å². The van der Waals surface area contributed by atoms with Crippen molar-refractivity contribution in [3.05, 3.63) is 48.0 Å². The van der Waals surface area contributed by atoms with Crippen molar-refractivity contribution in [2.75, 3.05) is 19.5 Å². The molecule has 0 aliphatic rings. The van der Waals surface area contributed by atoms with Crippen LogP contribution in [0.25, 0.3) is 0 Å². The Bertz CT molecular complexity index is 820. The number of phenolic OH excluding ortho intramolecular Hbond substituents is 1. The lowest BCUT2D eigenvalue weighted by atomic mass is 10.2. The van der Waals surface area contributed by atoms with Crippen LogP contribution >= 0.6 is 0 Å². The van der Waals surface area contributed by atoms with Crippen molar-refractivity contribution in [1.82, 2.24) is 5.43 Å². The van der Waals surface area contributed by atoms with Gasteiger partial charge in [0.25, 0.3) is 0 Å². The van der Waals surface area contributed by atoms with Crippen LogP contribution in [0.3, 0.4) is 0 Å². The van der Waals surface area contributed by atoms with Gasteiger partial charge in [-0.15, -0.1) is 0 Å². The van der Waals surface area contributed by atoms with Crippen molar-refractivity contribution in [3.8, 4) is 17.2 Å². The number of carbonyl (C=O) groups is 2. The molecule has 0 radical (unpaired) electrons. The standard InChI is InChI=1S/C18H19N3O5/c1-25-14-8-4-3-7-13(14)20-16(22)10-17(23)21-19-11-12-6-5-9-15(26-2)18(12)24/h3-9,11,24H,10H2,1-2H3,(H,20,22)(H,21,23)/b19-11+. The van der Waals surface area contributed by atoms with Crippen molar-refractivity contribution in [3.63, 3.8) is 0 Å². The molecule has 8 heteroatoms. The molecule has 0 spiro atoms. The maximum atomic E-state index is 11.9. The molecule has 2 amide bonds. The molecule has 2 aromatic carbocycles. The number of aromatic hydroxyl groups is 1. The number of amides is 2. The molecule has 2 rings (SSSR count). The van der Waals surface area contributed by atoms with Gasteiger partial charge in [0, 0.05) is 5.56 Å². The average Bonchev–Trinajstić information content (AvgIpc) is 2.63. The smallest absolute Gasteiger partial charge is 0.249 e. The molecule has 0 fully saturated rings. The van der Waals surface area contributed by atoms with Crippen LogP contribution in [-0.2, 0) is 9.59 Å². The summed E-state index contributed by atoms with van der Waals surface area (Å²) < 4.78 is 10.1.